The zero-order chi connectivity index (χ0) is 13.9. The van der Waals surface area contributed by atoms with E-state index in [1.165, 1.54) is 6.20 Å². The second-order valence-corrected chi connectivity index (χ2v) is 4.16. The molecule has 0 fully saturated rings. The number of nitrogens with zero attached hydrogens (tertiary/aromatic N) is 1. The van der Waals surface area contributed by atoms with Gasteiger partial charge in [0.1, 0.15) is 0 Å². The van der Waals surface area contributed by atoms with Crippen molar-refractivity contribution >= 4 is 5.91 Å². The highest BCUT2D eigenvalue weighted by atomic mass is 16.5. The number of ether oxygens (including phenoxy) is 2. The van der Waals surface area contributed by atoms with Gasteiger partial charge < -0.3 is 14.8 Å². The molecule has 1 amide bonds. The minimum Gasteiger partial charge on any atom is -0.481 e. The van der Waals surface area contributed by atoms with Crippen LogP contribution in [-0.2, 0) is 4.74 Å². The fourth-order valence-corrected chi connectivity index (χ4v) is 1.46. The van der Waals surface area contributed by atoms with Crippen LogP contribution in [0, 0.1) is 0 Å². The summed E-state index contributed by atoms with van der Waals surface area (Å²) in [6.45, 7) is 4.22. The Balaban J connectivity index is 2.16. The predicted molar refractivity (Wildman–Crippen MR) is 73.5 cm³/mol. The van der Waals surface area contributed by atoms with Gasteiger partial charge in [0.25, 0.3) is 5.91 Å². The van der Waals surface area contributed by atoms with E-state index in [-0.39, 0.29) is 5.91 Å². The molecule has 0 atom stereocenters. The molecule has 0 aliphatic heterocycles. The minimum absolute atomic E-state index is 0.122. The van der Waals surface area contributed by atoms with Gasteiger partial charge in [0.2, 0.25) is 5.88 Å². The fourth-order valence-electron chi connectivity index (χ4n) is 1.46. The molecule has 1 aromatic rings. The van der Waals surface area contributed by atoms with Crippen LogP contribution in [0.3, 0.4) is 0 Å². The van der Waals surface area contributed by atoms with Gasteiger partial charge in [0.15, 0.2) is 0 Å². The molecule has 0 unspecified atom stereocenters. The standard InChI is InChI=1S/C14H22N2O3/c1-3-4-9-19-10-5-8-15-14(17)12-6-7-13(18-2)16-11-12/h6-7,11H,3-5,8-10H2,1-2H3,(H,15,17). The maximum absolute atomic E-state index is 11.7. The molecule has 1 rings (SSSR count). The van der Waals surface area contributed by atoms with E-state index >= 15 is 0 Å². The third-order valence-electron chi connectivity index (χ3n) is 2.60. The molecule has 0 saturated carbocycles. The maximum atomic E-state index is 11.7. The zero-order valence-corrected chi connectivity index (χ0v) is 11.6. The summed E-state index contributed by atoms with van der Waals surface area (Å²) >= 11 is 0. The van der Waals surface area contributed by atoms with Gasteiger partial charge in [-0.2, -0.15) is 0 Å². The number of nitrogens with one attached hydrogen (secondary N) is 1. The van der Waals surface area contributed by atoms with Crippen LogP contribution in [-0.4, -0.2) is 37.8 Å². The summed E-state index contributed by atoms with van der Waals surface area (Å²) in [6, 6.07) is 3.36. The van der Waals surface area contributed by atoms with Crippen LogP contribution >= 0.6 is 0 Å². The van der Waals surface area contributed by atoms with Crippen LogP contribution in [0.2, 0.25) is 0 Å². The van der Waals surface area contributed by atoms with Gasteiger partial charge in [-0.05, 0) is 18.9 Å². The third kappa shape index (κ3) is 6.20. The van der Waals surface area contributed by atoms with E-state index in [1.807, 2.05) is 0 Å². The number of pyridine rings is 1. The average molecular weight is 266 g/mol. The minimum atomic E-state index is -0.122. The number of hydrogen-bond donors (Lipinski definition) is 1. The number of carbonyl (C=O) groups is 1. The molecule has 5 heteroatoms. The third-order valence-corrected chi connectivity index (χ3v) is 2.60. The summed E-state index contributed by atoms with van der Waals surface area (Å²) in [5.41, 5.74) is 0.535. The Kier molecular flexibility index (Phi) is 7.58. The molecule has 0 bridgehead atoms. The Hall–Kier alpha value is -1.62. The van der Waals surface area contributed by atoms with E-state index in [1.54, 1.807) is 19.2 Å². The fraction of sp³-hybridized carbons (Fsp3) is 0.571. The Bertz CT molecular complexity index is 365. The van der Waals surface area contributed by atoms with Crippen molar-refractivity contribution in [2.45, 2.75) is 26.2 Å². The monoisotopic (exact) mass is 266 g/mol. The maximum Gasteiger partial charge on any atom is 0.252 e. The summed E-state index contributed by atoms with van der Waals surface area (Å²) in [5.74, 6) is 0.379. The molecule has 19 heavy (non-hydrogen) atoms. The first-order valence-corrected chi connectivity index (χ1v) is 6.64. The smallest absolute Gasteiger partial charge is 0.252 e. The van der Waals surface area contributed by atoms with Crippen LogP contribution in [0.1, 0.15) is 36.5 Å². The molecular weight excluding hydrogens is 244 g/mol. The first-order valence-electron chi connectivity index (χ1n) is 6.64. The first-order chi connectivity index (χ1) is 9.27. The predicted octanol–water partition coefficient (Wildman–Crippen LogP) is 2.03. The van der Waals surface area contributed by atoms with E-state index in [0.717, 1.165) is 25.9 Å². The topological polar surface area (TPSA) is 60.5 Å². The van der Waals surface area contributed by atoms with E-state index < -0.39 is 0 Å². The molecule has 5 nitrogen and oxygen atoms in total. The van der Waals surface area contributed by atoms with Gasteiger partial charge in [-0.1, -0.05) is 13.3 Å². The van der Waals surface area contributed by atoms with Crippen molar-refractivity contribution in [3.8, 4) is 5.88 Å². The summed E-state index contributed by atoms with van der Waals surface area (Å²) in [4.78, 5) is 15.7. The number of amides is 1. The van der Waals surface area contributed by atoms with Gasteiger partial charge in [-0.25, -0.2) is 4.98 Å². The Labute approximate surface area is 114 Å². The Morgan fingerprint density at radius 3 is 2.74 bits per heavy atom. The first kappa shape index (κ1) is 15.4. The highest BCUT2D eigenvalue weighted by Gasteiger charge is 2.05. The van der Waals surface area contributed by atoms with Gasteiger partial charge in [-0.15, -0.1) is 0 Å². The lowest BCUT2D eigenvalue weighted by molar-refractivity contribution is 0.0940. The van der Waals surface area contributed by atoms with Gasteiger partial charge in [0, 0.05) is 32.0 Å². The van der Waals surface area contributed by atoms with Crippen molar-refractivity contribution in [1.82, 2.24) is 10.3 Å². The summed E-state index contributed by atoms with van der Waals surface area (Å²) in [5, 5.41) is 2.83. The number of unbranched alkanes of at least 4 members (excludes halogenated alkanes) is 1. The highest BCUT2D eigenvalue weighted by molar-refractivity contribution is 5.93. The molecule has 1 aromatic heterocycles. The number of methoxy groups -OCH3 is 1. The molecular formula is C14H22N2O3. The lowest BCUT2D eigenvalue weighted by Gasteiger charge is -2.06. The summed E-state index contributed by atoms with van der Waals surface area (Å²) in [6.07, 6.45) is 4.55. The quantitative estimate of drug-likeness (QED) is 0.695. The van der Waals surface area contributed by atoms with Gasteiger partial charge >= 0.3 is 0 Å². The van der Waals surface area contributed by atoms with Crippen LogP contribution in [0.25, 0.3) is 0 Å². The molecule has 1 N–H and O–H groups in total. The molecule has 106 valence electrons. The van der Waals surface area contributed by atoms with Crippen LogP contribution < -0.4 is 10.1 Å². The van der Waals surface area contributed by atoms with Crippen LogP contribution in [0.4, 0.5) is 0 Å². The number of hydrogen-bond acceptors (Lipinski definition) is 4. The summed E-state index contributed by atoms with van der Waals surface area (Å²) < 4.78 is 10.3. The highest BCUT2D eigenvalue weighted by Crippen LogP contribution is 2.06. The van der Waals surface area contributed by atoms with Crippen molar-refractivity contribution in [2.24, 2.45) is 0 Å². The van der Waals surface area contributed by atoms with Crippen LogP contribution in [0.15, 0.2) is 18.3 Å². The number of carbonyl (C=O) groups excluding carboxylic acids is 1. The SMILES string of the molecule is CCCCOCCCNC(=O)c1ccc(OC)nc1. The van der Waals surface area contributed by atoms with E-state index in [2.05, 4.69) is 17.2 Å². The van der Waals surface area contributed by atoms with Gasteiger partial charge in [-0.3, -0.25) is 4.79 Å². The largest absolute Gasteiger partial charge is 0.481 e. The molecule has 1 heterocycles. The normalized spacial score (nSPS) is 10.2. The van der Waals surface area contributed by atoms with Crippen molar-refractivity contribution < 1.29 is 14.3 Å². The molecule has 0 aromatic carbocycles. The molecule has 0 aliphatic carbocycles. The van der Waals surface area contributed by atoms with E-state index in [4.69, 9.17) is 9.47 Å². The van der Waals surface area contributed by atoms with Crippen LogP contribution in [0.5, 0.6) is 5.88 Å². The summed E-state index contributed by atoms with van der Waals surface area (Å²) in [7, 11) is 1.54. The molecule has 0 spiro atoms. The average Bonchev–Trinajstić information content (AvgIpc) is 2.46. The van der Waals surface area contributed by atoms with Crippen molar-refractivity contribution in [2.75, 3.05) is 26.9 Å². The van der Waals surface area contributed by atoms with E-state index in [9.17, 15) is 4.79 Å². The van der Waals surface area contributed by atoms with Crippen molar-refractivity contribution in [1.29, 1.82) is 0 Å². The second kappa shape index (κ2) is 9.33. The van der Waals surface area contributed by atoms with Gasteiger partial charge in [0.05, 0.1) is 12.7 Å². The van der Waals surface area contributed by atoms with E-state index in [0.29, 0.717) is 24.6 Å². The van der Waals surface area contributed by atoms with Crippen molar-refractivity contribution in [3.05, 3.63) is 23.9 Å². The lowest BCUT2D eigenvalue weighted by atomic mass is 10.2. The Morgan fingerprint density at radius 1 is 1.32 bits per heavy atom. The van der Waals surface area contributed by atoms with Crippen molar-refractivity contribution in [3.63, 3.8) is 0 Å². The zero-order valence-electron chi connectivity index (χ0n) is 11.6. The molecule has 0 aliphatic rings. The number of aromatic nitrogens is 1. The second-order valence-electron chi connectivity index (χ2n) is 4.16. The Morgan fingerprint density at radius 2 is 2.11 bits per heavy atom. The molecule has 0 radical (unpaired) electrons. The molecule has 0 saturated heterocycles. The lowest BCUT2D eigenvalue weighted by Crippen LogP contribution is -2.25. The number of rotatable bonds is 9.